The molecule has 0 aliphatic rings. The highest BCUT2D eigenvalue weighted by Gasteiger charge is 2.04. The molecule has 0 saturated heterocycles. The zero-order valence-electron chi connectivity index (χ0n) is 14.5. The normalized spacial score (nSPS) is 10.6. The molecule has 1 rings (SSSR count). The lowest BCUT2D eigenvalue weighted by Gasteiger charge is -2.20. The van der Waals surface area contributed by atoms with Crippen LogP contribution in [0.5, 0.6) is 5.75 Å². The van der Waals surface area contributed by atoms with Gasteiger partial charge in [0.05, 0.1) is 26.4 Å². The minimum absolute atomic E-state index is 0.512. The van der Waals surface area contributed by atoms with Crippen molar-refractivity contribution in [3.05, 3.63) is 24.3 Å². The number of rotatable bonds is 12. The first-order valence-corrected chi connectivity index (χ1v) is 9.62. The van der Waals surface area contributed by atoms with Crippen molar-refractivity contribution in [2.75, 3.05) is 57.6 Å². The van der Waals surface area contributed by atoms with Gasteiger partial charge >= 0.3 is 0 Å². The van der Waals surface area contributed by atoms with E-state index in [4.69, 9.17) is 32.2 Å². The third kappa shape index (κ3) is 9.32. The fourth-order valence-electron chi connectivity index (χ4n) is 1.87. The monoisotopic (exact) mass is 372 g/mol. The molecule has 2 N–H and O–H groups in total. The van der Waals surface area contributed by atoms with Gasteiger partial charge in [-0.1, -0.05) is 24.0 Å². The van der Waals surface area contributed by atoms with Crippen LogP contribution >= 0.6 is 24.0 Å². The lowest BCUT2D eigenvalue weighted by molar-refractivity contribution is 0.0413. The smallest absolute Gasteiger partial charge is 0.136 e. The fourth-order valence-corrected chi connectivity index (χ4v) is 3.19. The van der Waals surface area contributed by atoms with E-state index < -0.39 is 0 Å². The molecule has 0 amide bonds. The molecule has 1 aromatic carbocycles. The van der Waals surface area contributed by atoms with Gasteiger partial charge in [0.2, 0.25) is 0 Å². The van der Waals surface area contributed by atoms with E-state index in [9.17, 15) is 0 Å². The molecule has 7 heteroatoms. The highest BCUT2D eigenvalue weighted by Crippen LogP contribution is 2.12. The van der Waals surface area contributed by atoms with E-state index in [1.165, 1.54) is 0 Å². The minimum atomic E-state index is 0.512. The van der Waals surface area contributed by atoms with Crippen LogP contribution in [0.15, 0.2) is 24.3 Å². The summed E-state index contributed by atoms with van der Waals surface area (Å²) in [6.45, 7) is 9.01. The van der Waals surface area contributed by atoms with Gasteiger partial charge in [0.25, 0.3) is 0 Å². The van der Waals surface area contributed by atoms with E-state index in [0.29, 0.717) is 33.0 Å². The SMILES string of the molecule is CCN(CC)C(=S)SCCOCCOCCOc1ccc(N)cc1. The summed E-state index contributed by atoms with van der Waals surface area (Å²) >= 11 is 7.02. The number of hydrogen-bond donors (Lipinski definition) is 1. The standard InChI is InChI=1S/C17H28N2O3S2/c1-3-19(4-2)17(23)24-14-13-21-10-9-20-11-12-22-16-7-5-15(18)6-8-16/h5-8H,3-4,9-14,18H2,1-2H3. The van der Waals surface area contributed by atoms with Gasteiger partial charge in [0.1, 0.15) is 16.7 Å². The van der Waals surface area contributed by atoms with Crippen LogP contribution in [-0.2, 0) is 9.47 Å². The highest BCUT2D eigenvalue weighted by molar-refractivity contribution is 8.22. The van der Waals surface area contributed by atoms with Crippen LogP contribution in [0.3, 0.4) is 0 Å². The molecule has 136 valence electrons. The lowest BCUT2D eigenvalue weighted by Crippen LogP contribution is -2.27. The van der Waals surface area contributed by atoms with Crippen LogP contribution in [0.25, 0.3) is 0 Å². The van der Waals surface area contributed by atoms with Gasteiger partial charge < -0.3 is 24.8 Å². The van der Waals surface area contributed by atoms with Gasteiger partial charge in [-0.2, -0.15) is 0 Å². The molecular weight excluding hydrogens is 344 g/mol. The molecule has 0 unspecified atom stereocenters. The van der Waals surface area contributed by atoms with Crippen LogP contribution in [0.1, 0.15) is 13.8 Å². The molecule has 0 fully saturated rings. The maximum Gasteiger partial charge on any atom is 0.136 e. The van der Waals surface area contributed by atoms with E-state index in [-0.39, 0.29) is 0 Å². The first-order valence-electron chi connectivity index (χ1n) is 8.22. The second kappa shape index (κ2) is 13.3. The van der Waals surface area contributed by atoms with Crippen LogP contribution in [0.2, 0.25) is 0 Å². The Hall–Kier alpha value is -1.02. The van der Waals surface area contributed by atoms with Crippen molar-refractivity contribution in [1.82, 2.24) is 4.90 Å². The quantitative estimate of drug-likeness (QED) is 0.344. The van der Waals surface area contributed by atoms with E-state index in [2.05, 4.69) is 18.7 Å². The number of anilines is 1. The minimum Gasteiger partial charge on any atom is -0.491 e. The molecular formula is C17H28N2O3S2. The Bertz CT molecular complexity index is 454. The Kier molecular flexibility index (Phi) is 11.6. The zero-order valence-corrected chi connectivity index (χ0v) is 16.2. The average Bonchev–Trinajstić information content (AvgIpc) is 2.59. The molecule has 0 aliphatic heterocycles. The van der Waals surface area contributed by atoms with Gasteiger partial charge in [0.15, 0.2) is 0 Å². The van der Waals surface area contributed by atoms with Crippen molar-refractivity contribution in [3.63, 3.8) is 0 Å². The second-order valence-electron chi connectivity index (χ2n) is 4.93. The van der Waals surface area contributed by atoms with E-state index in [1.807, 2.05) is 24.3 Å². The largest absolute Gasteiger partial charge is 0.491 e. The molecule has 1 aromatic rings. The topological polar surface area (TPSA) is 57.0 Å². The van der Waals surface area contributed by atoms with Crippen molar-refractivity contribution >= 4 is 34.0 Å². The molecule has 0 spiro atoms. The molecule has 24 heavy (non-hydrogen) atoms. The Morgan fingerprint density at radius 3 is 2.21 bits per heavy atom. The first kappa shape index (κ1) is 21.0. The first-order chi connectivity index (χ1) is 11.7. The molecule has 0 aliphatic carbocycles. The van der Waals surface area contributed by atoms with Crippen molar-refractivity contribution in [1.29, 1.82) is 0 Å². The molecule has 0 saturated carbocycles. The summed E-state index contributed by atoms with van der Waals surface area (Å²) in [5.41, 5.74) is 6.34. The van der Waals surface area contributed by atoms with E-state index in [0.717, 1.165) is 34.6 Å². The van der Waals surface area contributed by atoms with Gasteiger partial charge in [-0.3, -0.25) is 0 Å². The van der Waals surface area contributed by atoms with Crippen LogP contribution < -0.4 is 10.5 Å². The van der Waals surface area contributed by atoms with E-state index >= 15 is 0 Å². The lowest BCUT2D eigenvalue weighted by atomic mass is 10.3. The van der Waals surface area contributed by atoms with Crippen molar-refractivity contribution in [2.24, 2.45) is 0 Å². The van der Waals surface area contributed by atoms with Gasteiger partial charge in [-0.15, -0.1) is 0 Å². The highest BCUT2D eigenvalue weighted by atomic mass is 32.2. The number of thiocarbonyl (C=S) groups is 1. The summed E-state index contributed by atoms with van der Waals surface area (Å²) in [4.78, 5) is 2.17. The number of ether oxygens (including phenoxy) is 3. The second-order valence-corrected chi connectivity index (χ2v) is 6.66. The molecule has 0 heterocycles. The van der Waals surface area contributed by atoms with Crippen molar-refractivity contribution in [2.45, 2.75) is 13.8 Å². The summed E-state index contributed by atoms with van der Waals surface area (Å²) < 4.78 is 17.5. The number of nitrogens with two attached hydrogens (primary N) is 1. The van der Waals surface area contributed by atoms with Gasteiger partial charge in [-0.25, -0.2) is 0 Å². The van der Waals surface area contributed by atoms with Gasteiger partial charge in [0, 0.05) is 24.5 Å². The third-order valence-electron chi connectivity index (χ3n) is 3.22. The van der Waals surface area contributed by atoms with Crippen LogP contribution in [-0.4, -0.2) is 61.1 Å². The molecule has 0 aromatic heterocycles. The van der Waals surface area contributed by atoms with Crippen molar-refractivity contribution in [3.8, 4) is 5.75 Å². The maximum atomic E-state index is 5.61. The number of nitrogens with zero attached hydrogens (tertiary/aromatic N) is 1. The average molecular weight is 373 g/mol. The predicted octanol–water partition coefficient (Wildman–Crippen LogP) is 3.04. The summed E-state index contributed by atoms with van der Waals surface area (Å²) in [6, 6.07) is 7.32. The Morgan fingerprint density at radius 1 is 1.00 bits per heavy atom. The van der Waals surface area contributed by atoms with Crippen LogP contribution in [0, 0.1) is 0 Å². The summed E-state index contributed by atoms with van der Waals surface area (Å²) in [5, 5.41) is 0. The van der Waals surface area contributed by atoms with Crippen molar-refractivity contribution < 1.29 is 14.2 Å². The summed E-state index contributed by atoms with van der Waals surface area (Å²) in [7, 11) is 0. The number of nitrogen functional groups attached to an aromatic ring is 1. The Balaban J connectivity index is 1.90. The molecule has 0 radical (unpaired) electrons. The molecule has 0 bridgehead atoms. The number of thioether (sulfide) groups is 1. The third-order valence-corrected chi connectivity index (χ3v) is 4.71. The Morgan fingerprint density at radius 2 is 1.58 bits per heavy atom. The summed E-state index contributed by atoms with van der Waals surface area (Å²) in [6.07, 6.45) is 0. The molecule has 0 atom stereocenters. The maximum absolute atomic E-state index is 5.61. The predicted molar refractivity (Wildman–Crippen MR) is 106 cm³/mol. The van der Waals surface area contributed by atoms with Crippen LogP contribution in [0.4, 0.5) is 5.69 Å². The summed E-state index contributed by atoms with van der Waals surface area (Å²) in [5.74, 6) is 1.67. The van der Waals surface area contributed by atoms with Gasteiger partial charge in [-0.05, 0) is 38.1 Å². The molecule has 5 nitrogen and oxygen atoms in total. The number of benzene rings is 1. The Labute approximate surface area is 154 Å². The fraction of sp³-hybridized carbons (Fsp3) is 0.588. The zero-order chi connectivity index (χ0) is 17.6. The van der Waals surface area contributed by atoms with E-state index in [1.54, 1.807) is 11.8 Å². The number of hydrogen-bond acceptors (Lipinski definition) is 6.